The van der Waals surface area contributed by atoms with Crippen LogP contribution in [-0.4, -0.2) is 29.1 Å². The molecule has 0 amide bonds. The molecule has 6 nitrogen and oxygen atoms in total. The largest absolute Gasteiger partial charge is 0.502 e. The fourth-order valence-corrected chi connectivity index (χ4v) is 1.94. The zero-order chi connectivity index (χ0) is 17.5. The molecule has 0 aliphatic carbocycles. The number of hydrogen-bond donors (Lipinski definition) is 2. The molecule has 0 spiro atoms. The second-order valence-corrected chi connectivity index (χ2v) is 4.87. The number of carbonyl (C=O) groups excluding carboxylic acids is 1. The number of aliphatic hydroxyl groups excluding tert-OH is 1. The monoisotopic (exact) mass is 328 g/mol. The Bertz CT molecular complexity index is 779. The molecule has 0 saturated carbocycles. The van der Waals surface area contributed by atoms with Gasteiger partial charge in [0.05, 0.1) is 7.11 Å². The van der Waals surface area contributed by atoms with E-state index in [1.807, 2.05) is 24.3 Å². The fraction of sp³-hybridized carbons (Fsp3) is 0.111. The van der Waals surface area contributed by atoms with Crippen LogP contribution >= 0.6 is 0 Å². The molecule has 0 aliphatic heterocycles. The van der Waals surface area contributed by atoms with E-state index in [9.17, 15) is 9.59 Å². The zero-order valence-corrected chi connectivity index (χ0v) is 12.9. The summed E-state index contributed by atoms with van der Waals surface area (Å²) in [7, 11) is 1.58. The van der Waals surface area contributed by atoms with Gasteiger partial charge in [0.15, 0.2) is 5.78 Å². The number of benzene rings is 2. The molecule has 0 atom stereocenters. The summed E-state index contributed by atoms with van der Waals surface area (Å²) in [5.74, 6) is -2.03. The van der Waals surface area contributed by atoms with Gasteiger partial charge in [-0.3, -0.25) is 4.79 Å². The van der Waals surface area contributed by atoms with Crippen molar-refractivity contribution in [3.63, 3.8) is 0 Å². The lowest BCUT2D eigenvalue weighted by atomic mass is 10.1. The second kappa shape index (κ2) is 7.82. The standard InChI is InChI=1S/C18H16O6/c1-23-14-6-2-4-12(8-14)11-24-15-7-3-5-13(9-15)16(19)10-17(20)18(21)22/h2-10,20H,11H2,1H3,(H,21,22)/b17-10+. The van der Waals surface area contributed by atoms with Crippen molar-refractivity contribution in [2.24, 2.45) is 0 Å². The Balaban J connectivity index is 2.08. The topological polar surface area (TPSA) is 93.1 Å². The quantitative estimate of drug-likeness (QED) is 0.461. The number of rotatable bonds is 7. The number of aliphatic carboxylic acids is 1. The highest BCUT2D eigenvalue weighted by atomic mass is 16.5. The number of aliphatic hydroxyl groups is 1. The molecule has 2 rings (SSSR count). The van der Waals surface area contributed by atoms with E-state index in [2.05, 4.69) is 0 Å². The maximum atomic E-state index is 11.9. The molecule has 0 unspecified atom stereocenters. The van der Waals surface area contributed by atoms with Crippen molar-refractivity contribution >= 4 is 11.8 Å². The Kier molecular flexibility index (Phi) is 5.57. The molecule has 0 heterocycles. The minimum atomic E-state index is -1.56. The summed E-state index contributed by atoms with van der Waals surface area (Å²) >= 11 is 0. The van der Waals surface area contributed by atoms with Crippen molar-refractivity contribution in [1.82, 2.24) is 0 Å². The molecule has 0 saturated heterocycles. The molecule has 2 aromatic rings. The van der Waals surface area contributed by atoms with Crippen molar-refractivity contribution in [2.45, 2.75) is 6.61 Å². The molecule has 0 aliphatic rings. The summed E-state index contributed by atoms with van der Waals surface area (Å²) < 4.78 is 10.8. The molecule has 0 bridgehead atoms. The summed E-state index contributed by atoms with van der Waals surface area (Å²) in [4.78, 5) is 22.4. The van der Waals surface area contributed by atoms with Crippen LogP contribution in [0, 0.1) is 0 Å². The Labute approximate surface area is 138 Å². The van der Waals surface area contributed by atoms with Crippen LogP contribution in [0.3, 0.4) is 0 Å². The van der Waals surface area contributed by atoms with Crippen LogP contribution in [0.15, 0.2) is 60.4 Å². The van der Waals surface area contributed by atoms with E-state index in [1.54, 1.807) is 19.2 Å². The molecule has 124 valence electrons. The van der Waals surface area contributed by atoms with E-state index in [1.165, 1.54) is 12.1 Å². The molecular formula is C18H16O6. The summed E-state index contributed by atoms with van der Waals surface area (Å²) in [5.41, 5.74) is 1.11. The number of carboxylic acid groups (broad SMARTS) is 1. The summed E-state index contributed by atoms with van der Waals surface area (Å²) in [6.45, 7) is 0.283. The van der Waals surface area contributed by atoms with Gasteiger partial charge in [0.1, 0.15) is 18.1 Å². The lowest BCUT2D eigenvalue weighted by molar-refractivity contribution is -0.135. The zero-order valence-electron chi connectivity index (χ0n) is 12.9. The van der Waals surface area contributed by atoms with E-state index < -0.39 is 17.5 Å². The minimum absolute atomic E-state index is 0.214. The van der Waals surface area contributed by atoms with Crippen LogP contribution in [0.2, 0.25) is 0 Å². The van der Waals surface area contributed by atoms with Crippen LogP contribution < -0.4 is 9.47 Å². The number of carbonyl (C=O) groups is 2. The smallest absolute Gasteiger partial charge is 0.371 e. The predicted octanol–water partition coefficient (Wildman–Crippen LogP) is 2.98. The summed E-state index contributed by atoms with van der Waals surface area (Å²) in [6, 6.07) is 13.7. The Morgan fingerprint density at radius 1 is 1.04 bits per heavy atom. The van der Waals surface area contributed by atoms with Gasteiger partial charge in [-0.05, 0) is 29.8 Å². The fourth-order valence-electron chi connectivity index (χ4n) is 1.94. The normalized spacial score (nSPS) is 11.0. The van der Waals surface area contributed by atoms with E-state index >= 15 is 0 Å². The van der Waals surface area contributed by atoms with Crippen molar-refractivity contribution < 1.29 is 29.3 Å². The number of carboxylic acids is 1. The van der Waals surface area contributed by atoms with Crippen molar-refractivity contribution in [1.29, 1.82) is 0 Å². The van der Waals surface area contributed by atoms with Crippen molar-refractivity contribution in [3.05, 3.63) is 71.5 Å². The Morgan fingerprint density at radius 3 is 2.46 bits per heavy atom. The van der Waals surface area contributed by atoms with Gasteiger partial charge in [-0.1, -0.05) is 24.3 Å². The molecule has 0 radical (unpaired) electrons. The van der Waals surface area contributed by atoms with Crippen LogP contribution in [0.5, 0.6) is 11.5 Å². The SMILES string of the molecule is COc1cccc(COc2cccc(C(=O)/C=C(/O)C(=O)O)c2)c1. The first-order chi connectivity index (χ1) is 11.5. The number of methoxy groups -OCH3 is 1. The first kappa shape index (κ1) is 17.1. The predicted molar refractivity (Wildman–Crippen MR) is 86.4 cm³/mol. The first-order valence-electron chi connectivity index (χ1n) is 7.03. The van der Waals surface area contributed by atoms with E-state index in [4.69, 9.17) is 19.7 Å². The average Bonchev–Trinajstić information content (AvgIpc) is 2.60. The molecule has 6 heteroatoms. The molecular weight excluding hydrogens is 312 g/mol. The van der Waals surface area contributed by atoms with E-state index in [0.717, 1.165) is 5.56 Å². The van der Waals surface area contributed by atoms with Crippen LogP contribution in [0.4, 0.5) is 0 Å². The number of ketones is 1. The van der Waals surface area contributed by atoms with E-state index in [0.29, 0.717) is 17.6 Å². The third-order valence-corrected chi connectivity index (χ3v) is 3.15. The molecule has 0 aromatic heterocycles. The lowest BCUT2D eigenvalue weighted by Crippen LogP contribution is -2.04. The van der Waals surface area contributed by atoms with Gasteiger partial charge in [-0.25, -0.2) is 4.79 Å². The highest BCUT2D eigenvalue weighted by Gasteiger charge is 2.10. The maximum Gasteiger partial charge on any atom is 0.371 e. The molecule has 2 aromatic carbocycles. The number of ether oxygens (including phenoxy) is 2. The van der Waals surface area contributed by atoms with Crippen LogP contribution in [0.25, 0.3) is 0 Å². The Hall–Kier alpha value is -3.28. The molecule has 2 N–H and O–H groups in total. The third-order valence-electron chi connectivity index (χ3n) is 3.15. The van der Waals surface area contributed by atoms with E-state index in [-0.39, 0.29) is 12.2 Å². The van der Waals surface area contributed by atoms with Gasteiger partial charge in [-0.15, -0.1) is 0 Å². The Morgan fingerprint density at radius 2 is 1.75 bits per heavy atom. The molecule has 24 heavy (non-hydrogen) atoms. The summed E-state index contributed by atoms with van der Waals surface area (Å²) in [6.07, 6.45) is 0.656. The van der Waals surface area contributed by atoms with Crippen molar-refractivity contribution in [3.8, 4) is 11.5 Å². The average molecular weight is 328 g/mol. The first-order valence-corrected chi connectivity index (χ1v) is 7.03. The van der Waals surface area contributed by atoms with Gasteiger partial charge < -0.3 is 19.7 Å². The van der Waals surface area contributed by atoms with Gasteiger partial charge in [0.25, 0.3) is 0 Å². The number of hydrogen-bond acceptors (Lipinski definition) is 5. The highest BCUT2D eigenvalue weighted by Crippen LogP contribution is 2.18. The number of allylic oxidation sites excluding steroid dienone is 1. The van der Waals surface area contributed by atoms with Crippen LogP contribution in [0.1, 0.15) is 15.9 Å². The maximum absolute atomic E-state index is 11.9. The van der Waals surface area contributed by atoms with Gasteiger partial charge in [-0.2, -0.15) is 0 Å². The third kappa shape index (κ3) is 4.61. The molecule has 0 fully saturated rings. The summed E-state index contributed by atoms with van der Waals surface area (Å²) in [5, 5.41) is 17.7. The highest BCUT2D eigenvalue weighted by molar-refractivity contribution is 6.07. The van der Waals surface area contributed by atoms with Gasteiger partial charge in [0, 0.05) is 11.6 Å². The minimum Gasteiger partial charge on any atom is -0.502 e. The second-order valence-electron chi connectivity index (χ2n) is 4.87. The van der Waals surface area contributed by atoms with Gasteiger partial charge >= 0.3 is 5.97 Å². The van der Waals surface area contributed by atoms with Gasteiger partial charge in [0.2, 0.25) is 5.76 Å². The lowest BCUT2D eigenvalue weighted by Gasteiger charge is -2.08. The van der Waals surface area contributed by atoms with Crippen LogP contribution in [-0.2, 0) is 11.4 Å². The van der Waals surface area contributed by atoms with Crippen molar-refractivity contribution in [2.75, 3.05) is 7.11 Å².